The lowest BCUT2D eigenvalue weighted by Gasteiger charge is -2.03. The molecule has 2 rings (SSSR count). The van der Waals surface area contributed by atoms with E-state index >= 15 is 0 Å². The summed E-state index contributed by atoms with van der Waals surface area (Å²) in [6, 6.07) is 0. The minimum absolute atomic E-state index is 0.163. The molecule has 2 aromatic heterocycles. The van der Waals surface area contributed by atoms with Crippen LogP contribution in [0.15, 0.2) is 11.1 Å². The van der Waals surface area contributed by atoms with Gasteiger partial charge in [-0.3, -0.25) is 19.0 Å². The van der Waals surface area contributed by atoms with Crippen molar-refractivity contribution in [2.24, 2.45) is 0 Å². The summed E-state index contributed by atoms with van der Waals surface area (Å²) in [5.41, 5.74) is 0.385. The van der Waals surface area contributed by atoms with E-state index in [-0.39, 0.29) is 5.56 Å². The molecule has 0 unspecified atom stereocenters. The van der Waals surface area contributed by atoms with Crippen molar-refractivity contribution < 1.29 is 14.7 Å². The zero-order chi connectivity index (χ0) is 16.3. The topological polar surface area (TPSA) is 101 Å². The quantitative estimate of drug-likeness (QED) is 0.836. The molecule has 0 bridgehead atoms. The molecule has 0 aliphatic carbocycles. The SMILES string of the molecule is CCCCn1cnc2sc(C(=O)NCC(=O)O)c(C)c2c1=O. The number of unbranched alkanes of at least 4 members (excludes halogenated alkanes) is 1. The molecular formula is C14H17N3O4S. The average Bonchev–Trinajstić information content (AvgIpc) is 2.82. The number of carbonyl (C=O) groups excluding carboxylic acids is 1. The van der Waals surface area contributed by atoms with Crippen LogP contribution in [-0.4, -0.2) is 33.1 Å². The number of carbonyl (C=O) groups is 2. The van der Waals surface area contributed by atoms with E-state index in [1.807, 2.05) is 6.92 Å². The van der Waals surface area contributed by atoms with Crippen LogP contribution in [-0.2, 0) is 11.3 Å². The van der Waals surface area contributed by atoms with Gasteiger partial charge in [-0.15, -0.1) is 11.3 Å². The number of aryl methyl sites for hydroxylation is 2. The van der Waals surface area contributed by atoms with Gasteiger partial charge in [-0.25, -0.2) is 4.98 Å². The first-order valence-corrected chi connectivity index (χ1v) is 7.75. The Labute approximate surface area is 130 Å². The normalized spacial score (nSPS) is 10.8. The maximum Gasteiger partial charge on any atom is 0.322 e. The van der Waals surface area contributed by atoms with Crippen LogP contribution in [0.3, 0.4) is 0 Å². The van der Waals surface area contributed by atoms with Gasteiger partial charge in [0.25, 0.3) is 11.5 Å². The van der Waals surface area contributed by atoms with Crippen molar-refractivity contribution in [1.82, 2.24) is 14.9 Å². The van der Waals surface area contributed by atoms with Crippen LogP contribution in [0.1, 0.15) is 35.0 Å². The van der Waals surface area contributed by atoms with Gasteiger partial charge in [-0.05, 0) is 18.9 Å². The Morgan fingerprint density at radius 2 is 2.18 bits per heavy atom. The Balaban J connectivity index is 2.41. The third kappa shape index (κ3) is 3.16. The van der Waals surface area contributed by atoms with Gasteiger partial charge < -0.3 is 10.4 Å². The number of nitrogens with zero attached hydrogens (tertiary/aromatic N) is 2. The molecule has 2 heterocycles. The van der Waals surface area contributed by atoms with Gasteiger partial charge in [-0.2, -0.15) is 0 Å². The molecule has 7 nitrogen and oxygen atoms in total. The fourth-order valence-electron chi connectivity index (χ4n) is 2.10. The Morgan fingerprint density at radius 3 is 2.82 bits per heavy atom. The molecule has 22 heavy (non-hydrogen) atoms. The van der Waals surface area contributed by atoms with Crippen molar-refractivity contribution in [3.8, 4) is 0 Å². The highest BCUT2D eigenvalue weighted by atomic mass is 32.1. The summed E-state index contributed by atoms with van der Waals surface area (Å²) >= 11 is 1.10. The average molecular weight is 323 g/mol. The Kier molecular flexibility index (Phi) is 4.92. The molecule has 0 saturated heterocycles. The molecule has 2 N–H and O–H groups in total. The molecular weight excluding hydrogens is 306 g/mol. The van der Waals surface area contributed by atoms with E-state index in [1.54, 1.807) is 11.5 Å². The standard InChI is InChI=1S/C14H17N3O4S/c1-3-4-5-17-7-16-13-10(14(17)21)8(2)11(22-13)12(20)15-6-9(18)19/h7H,3-6H2,1-2H3,(H,15,20)(H,18,19). The van der Waals surface area contributed by atoms with E-state index in [1.165, 1.54) is 6.33 Å². The molecule has 118 valence electrons. The molecule has 2 aromatic rings. The summed E-state index contributed by atoms with van der Waals surface area (Å²) in [7, 11) is 0. The van der Waals surface area contributed by atoms with Gasteiger partial charge in [0, 0.05) is 6.54 Å². The van der Waals surface area contributed by atoms with Gasteiger partial charge in [-0.1, -0.05) is 13.3 Å². The molecule has 0 fully saturated rings. The smallest absolute Gasteiger partial charge is 0.322 e. The second-order valence-electron chi connectivity index (χ2n) is 4.91. The second-order valence-corrected chi connectivity index (χ2v) is 5.91. The van der Waals surface area contributed by atoms with Gasteiger partial charge in [0.15, 0.2) is 0 Å². The highest BCUT2D eigenvalue weighted by Crippen LogP contribution is 2.26. The van der Waals surface area contributed by atoms with Crippen molar-refractivity contribution in [2.45, 2.75) is 33.2 Å². The number of aromatic nitrogens is 2. The molecule has 0 aliphatic heterocycles. The fraction of sp³-hybridized carbons (Fsp3) is 0.429. The Bertz CT molecular complexity index is 778. The minimum Gasteiger partial charge on any atom is -0.480 e. The summed E-state index contributed by atoms with van der Waals surface area (Å²) < 4.78 is 1.55. The van der Waals surface area contributed by atoms with Crippen LogP contribution in [0.2, 0.25) is 0 Å². The summed E-state index contributed by atoms with van der Waals surface area (Å²) in [6.45, 7) is 3.86. The lowest BCUT2D eigenvalue weighted by Crippen LogP contribution is -2.29. The maximum atomic E-state index is 12.5. The third-order valence-electron chi connectivity index (χ3n) is 3.28. The van der Waals surface area contributed by atoms with Crippen LogP contribution >= 0.6 is 11.3 Å². The van der Waals surface area contributed by atoms with E-state index in [0.717, 1.165) is 24.2 Å². The first-order valence-electron chi connectivity index (χ1n) is 6.94. The molecule has 0 aromatic carbocycles. The largest absolute Gasteiger partial charge is 0.480 e. The van der Waals surface area contributed by atoms with Crippen molar-refractivity contribution in [3.05, 3.63) is 27.1 Å². The maximum absolute atomic E-state index is 12.5. The van der Waals surface area contributed by atoms with E-state index < -0.39 is 18.4 Å². The first-order chi connectivity index (χ1) is 10.5. The van der Waals surface area contributed by atoms with E-state index in [2.05, 4.69) is 10.3 Å². The van der Waals surface area contributed by atoms with Crippen LogP contribution in [0.4, 0.5) is 0 Å². The molecule has 0 radical (unpaired) electrons. The van der Waals surface area contributed by atoms with Crippen LogP contribution in [0.5, 0.6) is 0 Å². The van der Waals surface area contributed by atoms with Gasteiger partial charge in [0.05, 0.1) is 16.6 Å². The fourth-order valence-corrected chi connectivity index (χ4v) is 3.16. The number of carboxylic acid groups (broad SMARTS) is 1. The number of fused-ring (bicyclic) bond motifs is 1. The Morgan fingerprint density at radius 1 is 1.45 bits per heavy atom. The molecule has 1 amide bonds. The van der Waals surface area contributed by atoms with Gasteiger partial charge in [0.1, 0.15) is 11.4 Å². The van der Waals surface area contributed by atoms with E-state index in [0.29, 0.717) is 27.2 Å². The van der Waals surface area contributed by atoms with E-state index in [4.69, 9.17) is 5.11 Å². The van der Waals surface area contributed by atoms with Crippen molar-refractivity contribution in [3.63, 3.8) is 0 Å². The number of carboxylic acids is 1. The Hall–Kier alpha value is -2.22. The number of rotatable bonds is 6. The van der Waals surface area contributed by atoms with Crippen LogP contribution < -0.4 is 10.9 Å². The second kappa shape index (κ2) is 6.69. The predicted molar refractivity (Wildman–Crippen MR) is 83.5 cm³/mol. The molecule has 0 aliphatic rings. The lowest BCUT2D eigenvalue weighted by molar-refractivity contribution is -0.135. The molecule has 8 heteroatoms. The molecule has 0 spiro atoms. The lowest BCUT2D eigenvalue weighted by atomic mass is 10.2. The van der Waals surface area contributed by atoms with Crippen molar-refractivity contribution in [1.29, 1.82) is 0 Å². The first kappa shape index (κ1) is 16.2. The van der Waals surface area contributed by atoms with Crippen LogP contribution in [0.25, 0.3) is 10.2 Å². The van der Waals surface area contributed by atoms with Crippen molar-refractivity contribution in [2.75, 3.05) is 6.54 Å². The third-order valence-corrected chi connectivity index (χ3v) is 4.47. The summed E-state index contributed by atoms with van der Waals surface area (Å²) in [5.74, 6) is -1.62. The highest BCUT2D eigenvalue weighted by molar-refractivity contribution is 7.20. The zero-order valence-electron chi connectivity index (χ0n) is 12.4. The summed E-state index contributed by atoms with van der Waals surface area (Å²) in [6.07, 6.45) is 3.34. The minimum atomic E-state index is -1.12. The number of hydrogen-bond donors (Lipinski definition) is 2. The number of nitrogens with one attached hydrogen (secondary N) is 1. The van der Waals surface area contributed by atoms with Gasteiger partial charge >= 0.3 is 5.97 Å². The van der Waals surface area contributed by atoms with Gasteiger partial charge in [0.2, 0.25) is 0 Å². The zero-order valence-corrected chi connectivity index (χ0v) is 13.2. The molecule has 0 atom stereocenters. The monoisotopic (exact) mass is 323 g/mol. The summed E-state index contributed by atoms with van der Waals surface area (Å²) in [4.78, 5) is 40.0. The number of thiophene rings is 1. The van der Waals surface area contributed by atoms with Crippen molar-refractivity contribution >= 4 is 33.4 Å². The highest BCUT2D eigenvalue weighted by Gasteiger charge is 2.19. The number of aliphatic carboxylic acids is 1. The predicted octanol–water partition coefficient (Wildman–Crippen LogP) is 1.38. The van der Waals surface area contributed by atoms with E-state index in [9.17, 15) is 14.4 Å². The number of hydrogen-bond acceptors (Lipinski definition) is 5. The number of amides is 1. The molecule has 0 saturated carbocycles. The van der Waals surface area contributed by atoms with Crippen LogP contribution in [0, 0.1) is 6.92 Å². The summed E-state index contributed by atoms with van der Waals surface area (Å²) in [5, 5.41) is 11.3.